The fourth-order valence-corrected chi connectivity index (χ4v) is 10.8. The maximum absolute atomic E-state index is 14.8. The van der Waals surface area contributed by atoms with E-state index >= 15 is 0 Å². The van der Waals surface area contributed by atoms with Gasteiger partial charge in [0.2, 0.25) is 5.91 Å². The Kier molecular flexibility index (Phi) is 9.32. The Morgan fingerprint density at radius 3 is 2.27 bits per heavy atom. The lowest BCUT2D eigenvalue weighted by molar-refractivity contribution is -0.150. The highest BCUT2D eigenvalue weighted by Gasteiger charge is 2.66. The first-order chi connectivity index (χ1) is 24.5. The van der Waals surface area contributed by atoms with Crippen LogP contribution < -0.4 is 14.5 Å². The maximum Gasteiger partial charge on any atom is 0.269 e. The molecule has 0 bridgehead atoms. The number of carbonyl (C=O) groups is 3. The van der Waals surface area contributed by atoms with Crippen LogP contribution in [0, 0.1) is 5.92 Å². The van der Waals surface area contributed by atoms with E-state index in [0.29, 0.717) is 23.7 Å². The molecule has 1 saturated heterocycles. The van der Waals surface area contributed by atoms with Gasteiger partial charge in [-0.05, 0) is 54.6 Å². The Bertz CT molecular complexity index is 1930. The summed E-state index contributed by atoms with van der Waals surface area (Å²) in [5.74, 6) is -0.386. The third kappa shape index (κ3) is 6.24. The largest absolute Gasteiger partial charge is 0.482 e. The highest BCUT2D eigenvalue weighted by Crippen LogP contribution is 2.59. The molecule has 11 heteroatoms. The van der Waals surface area contributed by atoms with E-state index < -0.39 is 31.5 Å². The number of hydrogen-bond donors (Lipinski definition) is 2. The van der Waals surface area contributed by atoms with Crippen molar-refractivity contribution in [2.75, 3.05) is 29.6 Å². The first-order valence-electron chi connectivity index (χ1n) is 17.4. The van der Waals surface area contributed by atoms with Crippen LogP contribution in [0.2, 0.25) is 18.6 Å². The monoisotopic (exact) mass is 705 g/mol. The summed E-state index contributed by atoms with van der Waals surface area (Å²) in [6, 6.07) is 32.2. The molecule has 4 aromatic rings. The lowest BCUT2D eigenvalue weighted by Gasteiger charge is -2.32. The normalized spacial score (nSPS) is 22.6. The summed E-state index contributed by atoms with van der Waals surface area (Å²) in [7, 11) is -3.00. The summed E-state index contributed by atoms with van der Waals surface area (Å²) < 4.78 is 12.5. The fraction of sp³-hybridized carbons (Fsp3) is 0.325. The molecule has 1 fully saturated rings. The van der Waals surface area contributed by atoms with Gasteiger partial charge in [-0.2, -0.15) is 0 Å². The standard InChI is InChI=1S/C40H43N3O7Si/c1-27-38(51(2,3)48)35(23-36(45)41(21-22-44)24-28-11-5-4-6-12-28)50-40(27)31-13-7-8-14-32(31)42(39(40)47)25-29-17-19-30(20-18-29)43-33-15-9-10-16-34(33)49-26-37(43)46/h4-20,27,35,38,44,48H,21-26H2,1-3H3/t27-,35+,38-,40+/m0/s1. The van der Waals surface area contributed by atoms with E-state index in [-0.39, 0.29) is 50.4 Å². The van der Waals surface area contributed by atoms with E-state index in [9.17, 15) is 24.3 Å². The van der Waals surface area contributed by atoms with E-state index in [1.165, 1.54) is 0 Å². The molecule has 0 aromatic heterocycles. The molecule has 1 spiro atoms. The van der Waals surface area contributed by atoms with E-state index in [4.69, 9.17) is 9.47 Å². The van der Waals surface area contributed by atoms with Gasteiger partial charge in [-0.3, -0.25) is 19.3 Å². The molecule has 3 aliphatic heterocycles. The number of ether oxygens (including phenoxy) is 2. The zero-order valence-electron chi connectivity index (χ0n) is 29.1. The van der Waals surface area contributed by atoms with Crippen molar-refractivity contribution in [3.8, 4) is 5.75 Å². The molecule has 10 nitrogen and oxygen atoms in total. The number of carbonyl (C=O) groups excluding carboxylic acids is 3. The maximum atomic E-state index is 14.8. The van der Waals surface area contributed by atoms with Crippen molar-refractivity contribution in [3.63, 3.8) is 0 Å². The number of amides is 3. The molecule has 0 aliphatic carbocycles. The van der Waals surface area contributed by atoms with Crippen molar-refractivity contribution in [1.29, 1.82) is 0 Å². The molecule has 0 saturated carbocycles. The molecule has 3 amide bonds. The van der Waals surface area contributed by atoms with E-state index in [1.807, 2.05) is 123 Å². The molecular formula is C40H43N3O7Si. The van der Waals surface area contributed by atoms with Gasteiger partial charge >= 0.3 is 0 Å². The molecule has 3 aliphatic rings. The number of para-hydroxylation sites is 3. The number of benzene rings is 4. The first kappa shape index (κ1) is 34.6. The second-order valence-corrected chi connectivity index (χ2v) is 18.1. The summed E-state index contributed by atoms with van der Waals surface area (Å²) in [6.45, 7) is 6.15. The first-order valence-corrected chi connectivity index (χ1v) is 20.4. The minimum absolute atomic E-state index is 0.0269. The number of aliphatic hydroxyl groups is 1. The smallest absolute Gasteiger partial charge is 0.269 e. The third-order valence-electron chi connectivity index (χ3n) is 10.4. The average molecular weight is 706 g/mol. The summed E-state index contributed by atoms with van der Waals surface area (Å²) in [6.07, 6.45) is -0.734. The van der Waals surface area contributed by atoms with Crippen LogP contribution in [0.5, 0.6) is 5.75 Å². The topological polar surface area (TPSA) is 120 Å². The zero-order valence-corrected chi connectivity index (χ0v) is 30.1. The second kappa shape index (κ2) is 13.7. The molecule has 51 heavy (non-hydrogen) atoms. The van der Waals surface area contributed by atoms with Crippen LogP contribution >= 0.6 is 0 Å². The summed E-state index contributed by atoms with van der Waals surface area (Å²) in [4.78, 5) is 58.3. The van der Waals surface area contributed by atoms with E-state index in [2.05, 4.69) is 0 Å². The Morgan fingerprint density at radius 1 is 0.902 bits per heavy atom. The van der Waals surface area contributed by atoms with Gasteiger partial charge in [0.25, 0.3) is 11.8 Å². The van der Waals surface area contributed by atoms with Crippen LogP contribution in [0.4, 0.5) is 17.1 Å². The van der Waals surface area contributed by atoms with Crippen molar-refractivity contribution < 1.29 is 33.8 Å². The minimum Gasteiger partial charge on any atom is -0.482 e. The SMILES string of the molecule is C[C@H]1[C@H]([Si](C)(C)O)[C@@H](CC(=O)N(CCO)Cc2ccccc2)O[C@]12C(=O)N(Cc1ccc(N3C(=O)COc4ccccc43)cc1)c1ccccc12. The Labute approximate surface area is 299 Å². The summed E-state index contributed by atoms with van der Waals surface area (Å²) >= 11 is 0. The molecule has 2 N–H and O–H groups in total. The Balaban J connectivity index is 1.16. The van der Waals surface area contributed by atoms with Gasteiger partial charge < -0.3 is 29.2 Å². The van der Waals surface area contributed by atoms with E-state index in [1.54, 1.807) is 14.7 Å². The van der Waals surface area contributed by atoms with Gasteiger partial charge in [-0.25, -0.2) is 0 Å². The van der Waals surface area contributed by atoms with Crippen LogP contribution in [0.15, 0.2) is 103 Å². The number of rotatable bonds is 10. The molecule has 264 valence electrons. The lowest BCUT2D eigenvalue weighted by atomic mass is 9.82. The van der Waals surface area contributed by atoms with Gasteiger partial charge in [-0.1, -0.05) is 79.7 Å². The van der Waals surface area contributed by atoms with Crippen molar-refractivity contribution >= 4 is 43.1 Å². The highest BCUT2D eigenvalue weighted by molar-refractivity contribution is 6.71. The predicted molar refractivity (Wildman–Crippen MR) is 196 cm³/mol. The number of nitrogens with zero attached hydrogens (tertiary/aromatic N) is 3. The molecule has 0 unspecified atom stereocenters. The highest BCUT2D eigenvalue weighted by atomic mass is 28.4. The molecule has 3 heterocycles. The van der Waals surface area contributed by atoms with Gasteiger partial charge in [-0.15, -0.1) is 0 Å². The fourth-order valence-electron chi connectivity index (χ4n) is 8.22. The van der Waals surface area contributed by atoms with E-state index in [0.717, 1.165) is 22.4 Å². The molecule has 7 rings (SSSR count). The lowest BCUT2D eigenvalue weighted by Crippen LogP contribution is -2.46. The zero-order chi connectivity index (χ0) is 35.9. The third-order valence-corrected chi connectivity index (χ3v) is 13.0. The molecule has 0 radical (unpaired) electrons. The van der Waals surface area contributed by atoms with Crippen molar-refractivity contribution in [2.45, 2.75) is 56.8 Å². The quantitative estimate of drug-likeness (QED) is 0.209. The number of hydrogen-bond acceptors (Lipinski definition) is 7. The Morgan fingerprint density at radius 2 is 1.57 bits per heavy atom. The number of fused-ring (bicyclic) bond motifs is 3. The van der Waals surface area contributed by atoms with Crippen LogP contribution in [0.3, 0.4) is 0 Å². The second-order valence-electron chi connectivity index (χ2n) is 14.1. The average Bonchev–Trinajstić information content (AvgIpc) is 3.55. The molecule has 4 aromatic carbocycles. The Hall–Kier alpha value is -4.81. The van der Waals surface area contributed by atoms with Crippen LogP contribution in [0.25, 0.3) is 0 Å². The minimum atomic E-state index is -3.00. The van der Waals surface area contributed by atoms with Crippen LogP contribution in [0.1, 0.15) is 30.0 Å². The predicted octanol–water partition coefficient (Wildman–Crippen LogP) is 5.50. The van der Waals surface area contributed by atoms with Gasteiger partial charge in [0.1, 0.15) is 5.75 Å². The van der Waals surface area contributed by atoms with Crippen LogP contribution in [-0.2, 0) is 37.8 Å². The van der Waals surface area contributed by atoms with Gasteiger partial charge in [0.05, 0.1) is 37.1 Å². The number of aliphatic hydroxyl groups excluding tert-OH is 1. The number of anilines is 3. The van der Waals surface area contributed by atoms with Gasteiger partial charge in [0, 0.05) is 35.8 Å². The molecular weight excluding hydrogens is 663 g/mol. The van der Waals surface area contributed by atoms with Gasteiger partial charge in [0.15, 0.2) is 20.5 Å². The van der Waals surface area contributed by atoms with Crippen molar-refractivity contribution in [3.05, 3.63) is 120 Å². The van der Waals surface area contributed by atoms with Crippen molar-refractivity contribution in [1.82, 2.24) is 4.90 Å². The summed E-state index contributed by atoms with van der Waals surface area (Å²) in [5.41, 5.74) is 2.83. The summed E-state index contributed by atoms with van der Waals surface area (Å²) in [5, 5.41) is 9.81. The molecule has 4 atom stereocenters. The van der Waals surface area contributed by atoms with Crippen molar-refractivity contribution in [2.24, 2.45) is 5.92 Å². The van der Waals surface area contributed by atoms with Crippen LogP contribution in [-0.4, -0.2) is 66.7 Å².